The number of benzene rings is 1. The molecule has 1 aromatic heterocycles. The van der Waals surface area contributed by atoms with Crippen LogP contribution in [0.2, 0.25) is 0 Å². The van der Waals surface area contributed by atoms with Gasteiger partial charge in [0, 0.05) is 12.0 Å². The normalized spacial score (nSPS) is 13.5. The number of sulfone groups is 1. The third-order valence-electron chi connectivity index (χ3n) is 4.17. The van der Waals surface area contributed by atoms with E-state index in [-0.39, 0.29) is 17.3 Å². The molecule has 0 saturated heterocycles. The van der Waals surface area contributed by atoms with Crippen molar-refractivity contribution in [3.63, 3.8) is 0 Å². The number of furan rings is 1. The van der Waals surface area contributed by atoms with Gasteiger partial charge in [-0.15, -0.1) is 0 Å². The molecule has 2 aromatic rings. The van der Waals surface area contributed by atoms with E-state index in [9.17, 15) is 13.2 Å². The maximum atomic E-state index is 13.1. The summed E-state index contributed by atoms with van der Waals surface area (Å²) in [5.41, 5.74) is 1.32. The van der Waals surface area contributed by atoms with Crippen LogP contribution in [-0.2, 0) is 14.6 Å². The second-order valence-corrected chi connectivity index (χ2v) is 9.39. The Morgan fingerprint density at radius 2 is 1.84 bits per heavy atom. The van der Waals surface area contributed by atoms with Gasteiger partial charge in [0.05, 0.1) is 11.2 Å². The highest BCUT2D eigenvalue weighted by Crippen LogP contribution is 2.30. The van der Waals surface area contributed by atoms with Crippen molar-refractivity contribution in [2.45, 2.75) is 44.8 Å². The van der Waals surface area contributed by atoms with E-state index in [4.69, 9.17) is 4.42 Å². The summed E-state index contributed by atoms with van der Waals surface area (Å²) >= 11 is 0. The minimum Gasteiger partial charge on any atom is -0.468 e. The number of aryl methyl sites for hydroxylation is 2. The van der Waals surface area contributed by atoms with Gasteiger partial charge in [-0.05, 0) is 49.2 Å². The number of hydrogen-bond donors (Lipinski definition) is 1. The van der Waals surface area contributed by atoms with Crippen LogP contribution in [0.15, 0.2) is 45.9 Å². The molecule has 0 radical (unpaired) electrons. The van der Waals surface area contributed by atoms with Crippen LogP contribution >= 0.6 is 0 Å². The maximum absolute atomic E-state index is 13.1. The van der Waals surface area contributed by atoms with E-state index in [1.165, 1.54) is 6.26 Å². The molecule has 0 aliphatic heterocycles. The summed E-state index contributed by atoms with van der Waals surface area (Å²) in [6, 6.07) is 8.30. The number of rotatable bonds is 5. The van der Waals surface area contributed by atoms with Gasteiger partial charge in [-0.25, -0.2) is 8.42 Å². The first-order valence-corrected chi connectivity index (χ1v) is 9.71. The molecule has 0 unspecified atom stereocenters. The van der Waals surface area contributed by atoms with Crippen molar-refractivity contribution < 1.29 is 17.6 Å². The highest BCUT2D eigenvalue weighted by atomic mass is 32.2. The van der Waals surface area contributed by atoms with E-state index >= 15 is 0 Å². The fourth-order valence-electron chi connectivity index (χ4n) is 2.34. The number of nitrogens with one attached hydrogen (secondary N) is 1. The van der Waals surface area contributed by atoms with Crippen LogP contribution in [0.1, 0.15) is 42.9 Å². The van der Waals surface area contributed by atoms with E-state index in [1.54, 1.807) is 51.1 Å². The Morgan fingerprint density at radius 3 is 2.36 bits per heavy atom. The largest absolute Gasteiger partial charge is 0.468 e. The minimum atomic E-state index is -3.71. The quantitative estimate of drug-likeness (QED) is 0.881. The molecule has 1 heterocycles. The van der Waals surface area contributed by atoms with Gasteiger partial charge in [-0.3, -0.25) is 4.79 Å². The summed E-state index contributed by atoms with van der Waals surface area (Å²) in [4.78, 5) is 12.4. The molecule has 136 valence electrons. The summed E-state index contributed by atoms with van der Waals surface area (Å²) in [5.74, 6) is 0.104. The lowest BCUT2D eigenvalue weighted by Crippen LogP contribution is -2.38. The van der Waals surface area contributed by atoms with Gasteiger partial charge in [0.1, 0.15) is 11.0 Å². The van der Waals surface area contributed by atoms with Crippen LogP contribution < -0.4 is 5.32 Å². The second kappa shape index (κ2) is 7.04. The van der Waals surface area contributed by atoms with Crippen molar-refractivity contribution in [1.29, 1.82) is 0 Å². The number of carbonyl (C=O) groups excluding carboxylic acids is 1. The van der Waals surface area contributed by atoms with Crippen molar-refractivity contribution in [3.8, 4) is 0 Å². The molecule has 5 nitrogen and oxygen atoms in total. The van der Waals surface area contributed by atoms with Crippen molar-refractivity contribution in [2.75, 3.05) is 6.54 Å². The monoisotopic (exact) mass is 363 g/mol. The summed E-state index contributed by atoms with van der Waals surface area (Å²) in [5, 5.41) is 1.76. The van der Waals surface area contributed by atoms with Crippen LogP contribution in [0, 0.1) is 19.3 Å². The molecule has 1 amide bonds. The summed E-state index contributed by atoms with van der Waals surface area (Å²) in [6.45, 7) is 9.10. The van der Waals surface area contributed by atoms with Crippen LogP contribution in [-0.4, -0.2) is 20.9 Å². The van der Waals surface area contributed by atoms with Crippen molar-refractivity contribution in [2.24, 2.45) is 5.41 Å². The summed E-state index contributed by atoms with van der Waals surface area (Å²) < 4.78 is 31.6. The lowest BCUT2D eigenvalue weighted by Gasteiger charge is -2.21. The highest BCUT2D eigenvalue weighted by molar-refractivity contribution is 7.91. The third kappa shape index (κ3) is 4.31. The smallest absolute Gasteiger partial charge is 0.225 e. The molecule has 1 aromatic carbocycles. The Bertz CT molecular complexity index is 846. The standard InChI is InChI=1S/C19H25NO4S/c1-13-8-9-15(11-14(13)2)25(22,23)17(16-7-6-10-24-16)12-20-18(21)19(3,4)5/h6-11,17H,12H2,1-5H3,(H,20,21)/t17-/m0/s1. The van der Waals surface area contributed by atoms with Crippen molar-refractivity contribution in [3.05, 3.63) is 53.5 Å². The molecule has 1 N–H and O–H groups in total. The summed E-state index contributed by atoms with van der Waals surface area (Å²) in [6.07, 6.45) is 1.43. The van der Waals surface area contributed by atoms with E-state index in [0.29, 0.717) is 5.76 Å². The van der Waals surface area contributed by atoms with E-state index in [1.807, 2.05) is 13.8 Å². The molecule has 6 heteroatoms. The molecule has 0 aliphatic rings. The topological polar surface area (TPSA) is 76.4 Å². The lowest BCUT2D eigenvalue weighted by atomic mass is 9.96. The maximum Gasteiger partial charge on any atom is 0.225 e. The SMILES string of the molecule is Cc1ccc(S(=O)(=O)[C@@H](CNC(=O)C(C)(C)C)c2ccco2)cc1C. The first-order chi connectivity index (χ1) is 11.5. The Kier molecular flexibility index (Phi) is 5.42. The Labute approximate surface area is 149 Å². The average molecular weight is 363 g/mol. The molecular weight excluding hydrogens is 338 g/mol. The molecular formula is C19H25NO4S. The third-order valence-corrected chi connectivity index (χ3v) is 6.23. The van der Waals surface area contributed by atoms with Crippen LogP contribution in [0.5, 0.6) is 0 Å². The first kappa shape index (κ1) is 19.2. The second-order valence-electron chi connectivity index (χ2n) is 7.26. The zero-order valence-corrected chi connectivity index (χ0v) is 16.1. The predicted octanol–water partition coefficient (Wildman–Crippen LogP) is 3.57. The van der Waals surface area contributed by atoms with Crippen molar-refractivity contribution >= 4 is 15.7 Å². The van der Waals surface area contributed by atoms with Gasteiger partial charge in [-0.2, -0.15) is 0 Å². The van der Waals surface area contributed by atoms with E-state index < -0.39 is 20.5 Å². The van der Waals surface area contributed by atoms with Gasteiger partial charge in [0.25, 0.3) is 0 Å². The Morgan fingerprint density at radius 1 is 1.16 bits per heavy atom. The first-order valence-electron chi connectivity index (χ1n) is 8.16. The van der Waals surface area contributed by atoms with Crippen LogP contribution in [0.25, 0.3) is 0 Å². The fraction of sp³-hybridized carbons (Fsp3) is 0.421. The van der Waals surface area contributed by atoms with Crippen molar-refractivity contribution in [1.82, 2.24) is 5.32 Å². The van der Waals surface area contributed by atoms with Crippen LogP contribution in [0.4, 0.5) is 0 Å². The number of amides is 1. The number of hydrogen-bond acceptors (Lipinski definition) is 4. The van der Waals surface area contributed by atoms with Gasteiger partial charge < -0.3 is 9.73 Å². The molecule has 2 rings (SSSR count). The molecule has 0 aliphatic carbocycles. The zero-order valence-electron chi connectivity index (χ0n) is 15.3. The van der Waals surface area contributed by atoms with E-state index in [2.05, 4.69) is 5.32 Å². The Balaban J connectivity index is 2.38. The van der Waals surface area contributed by atoms with Gasteiger partial charge in [0.2, 0.25) is 5.91 Å². The number of carbonyl (C=O) groups is 1. The molecule has 0 bridgehead atoms. The predicted molar refractivity (Wildman–Crippen MR) is 97.0 cm³/mol. The molecule has 0 fully saturated rings. The average Bonchev–Trinajstić information content (AvgIpc) is 3.02. The lowest BCUT2D eigenvalue weighted by molar-refractivity contribution is -0.128. The van der Waals surface area contributed by atoms with Gasteiger partial charge in [-0.1, -0.05) is 26.8 Å². The zero-order chi connectivity index (χ0) is 18.8. The van der Waals surface area contributed by atoms with Crippen LogP contribution in [0.3, 0.4) is 0 Å². The van der Waals surface area contributed by atoms with E-state index in [0.717, 1.165) is 11.1 Å². The van der Waals surface area contributed by atoms with Gasteiger partial charge >= 0.3 is 0 Å². The highest BCUT2D eigenvalue weighted by Gasteiger charge is 2.33. The van der Waals surface area contributed by atoms with Gasteiger partial charge in [0.15, 0.2) is 9.84 Å². The molecule has 0 spiro atoms. The molecule has 25 heavy (non-hydrogen) atoms. The minimum absolute atomic E-state index is 0.0428. The summed E-state index contributed by atoms with van der Waals surface area (Å²) in [7, 11) is -3.71. The molecule has 0 saturated carbocycles. The fourth-order valence-corrected chi connectivity index (χ4v) is 4.01. The molecule has 1 atom stereocenters. The Hall–Kier alpha value is -2.08.